The van der Waals surface area contributed by atoms with Crippen molar-refractivity contribution in [3.8, 4) is 6.07 Å². The van der Waals surface area contributed by atoms with Gasteiger partial charge in [0.25, 0.3) is 0 Å². The van der Waals surface area contributed by atoms with Gasteiger partial charge >= 0.3 is 5.97 Å². The molecule has 0 saturated heterocycles. The summed E-state index contributed by atoms with van der Waals surface area (Å²) < 4.78 is 5.21. The molecule has 0 saturated carbocycles. The van der Waals surface area contributed by atoms with E-state index in [0.29, 0.717) is 0 Å². The van der Waals surface area contributed by atoms with Crippen LogP contribution >= 0.6 is 0 Å². The molecule has 0 aromatic rings. The van der Waals surface area contributed by atoms with Crippen LogP contribution in [0.15, 0.2) is 0 Å². The Morgan fingerprint density at radius 2 is 2.15 bits per heavy atom. The number of carbonyl (C=O) groups is 1. The molecule has 0 radical (unpaired) electrons. The van der Waals surface area contributed by atoms with Gasteiger partial charge in [-0.2, -0.15) is 5.26 Å². The number of nitrogens with zero attached hydrogens (tertiary/aromatic N) is 1. The third kappa shape index (κ3) is 4.51. The minimum absolute atomic E-state index is 0.153. The molecule has 0 aromatic carbocycles. The maximum Gasteiger partial charge on any atom is 0.320 e. The summed E-state index contributed by atoms with van der Waals surface area (Å²) in [6, 6.07) is 1.78. The minimum atomic E-state index is -0.416. The van der Waals surface area contributed by atoms with Gasteiger partial charge in [0.1, 0.15) is 12.0 Å². The summed E-state index contributed by atoms with van der Waals surface area (Å²) in [6.45, 7) is 5.94. The second kappa shape index (κ2) is 5.58. The molecule has 0 heterocycles. The van der Waals surface area contributed by atoms with Crippen molar-refractivity contribution in [2.45, 2.75) is 52.1 Å². The maximum absolute atomic E-state index is 11.0. The van der Waals surface area contributed by atoms with E-state index in [2.05, 4.69) is 0 Å². The second-order valence-corrected chi connectivity index (χ2v) is 3.36. The van der Waals surface area contributed by atoms with Crippen molar-refractivity contribution in [3.63, 3.8) is 0 Å². The average molecular weight is 183 g/mol. The molecule has 0 spiro atoms. The third-order valence-corrected chi connectivity index (χ3v) is 2.11. The van der Waals surface area contributed by atoms with Gasteiger partial charge in [0.2, 0.25) is 0 Å². The van der Waals surface area contributed by atoms with E-state index in [1.54, 1.807) is 6.07 Å². The molecule has 0 rings (SSSR count). The topological polar surface area (TPSA) is 50.1 Å². The highest BCUT2D eigenvalue weighted by Crippen LogP contribution is 2.21. The average Bonchev–Trinajstić information content (AvgIpc) is 2.05. The third-order valence-electron chi connectivity index (χ3n) is 2.11. The molecular weight excluding hydrogens is 166 g/mol. The molecule has 0 aromatic heterocycles. The van der Waals surface area contributed by atoms with Gasteiger partial charge in [-0.15, -0.1) is 0 Å². The molecular formula is C10H17NO2. The van der Waals surface area contributed by atoms with Gasteiger partial charge in [0.05, 0.1) is 6.07 Å². The fourth-order valence-corrected chi connectivity index (χ4v) is 1.20. The van der Waals surface area contributed by atoms with Crippen molar-refractivity contribution < 1.29 is 9.53 Å². The lowest BCUT2D eigenvalue weighted by Crippen LogP contribution is -2.30. The number of nitriles is 1. The Bertz CT molecular complexity index is 207. The first-order chi connectivity index (χ1) is 6.08. The highest BCUT2D eigenvalue weighted by atomic mass is 16.6. The van der Waals surface area contributed by atoms with Gasteiger partial charge in [-0.05, 0) is 19.8 Å². The highest BCUT2D eigenvalue weighted by molar-refractivity contribution is 5.72. The summed E-state index contributed by atoms with van der Waals surface area (Å²) in [5, 5.41) is 8.29. The van der Waals surface area contributed by atoms with Crippen molar-refractivity contribution in [2.75, 3.05) is 0 Å². The van der Waals surface area contributed by atoms with E-state index >= 15 is 0 Å². The Balaban J connectivity index is 4.11. The largest absolute Gasteiger partial charge is 0.459 e. The zero-order chi connectivity index (χ0) is 10.3. The van der Waals surface area contributed by atoms with Gasteiger partial charge in [-0.3, -0.25) is 4.79 Å². The number of hydrogen-bond acceptors (Lipinski definition) is 3. The van der Waals surface area contributed by atoms with Gasteiger partial charge in [-0.25, -0.2) is 0 Å². The van der Waals surface area contributed by atoms with Crippen LogP contribution in [0.3, 0.4) is 0 Å². The van der Waals surface area contributed by atoms with Crippen LogP contribution in [0.2, 0.25) is 0 Å². The van der Waals surface area contributed by atoms with Crippen LogP contribution < -0.4 is 0 Å². The minimum Gasteiger partial charge on any atom is -0.459 e. The van der Waals surface area contributed by atoms with E-state index in [1.165, 1.54) is 0 Å². The number of hydrogen-bond donors (Lipinski definition) is 0. The molecule has 0 fully saturated rings. The Hall–Kier alpha value is -1.04. The van der Waals surface area contributed by atoms with Crippen LogP contribution in [-0.2, 0) is 9.53 Å². The molecule has 13 heavy (non-hydrogen) atoms. The first-order valence-corrected chi connectivity index (χ1v) is 4.66. The van der Waals surface area contributed by atoms with Gasteiger partial charge < -0.3 is 4.74 Å². The highest BCUT2D eigenvalue weighted by Gasteiger charge is 2.25. The Labute approximate surface area is 79.7 Å². The smallest absolute Gasteiger partial charge is 0.320 e. The van der Waals surface area contributed by atoms with Crippen LogP contribution in [0.5, 0.6) is 0 Å². The fraction of sp³-hybridized carbons (Fsp3) is 0.800. The number of ether oxygens (including phenoxy) is 1. The zero-order valence-corrected chi connectivity index (χ0v) is 8.59. The molecule has 0 amide bonds. The summed E-state index contributed by atoms with van der Waals surface area (Å²) in [7, 11) is 0. The van der Waals surface area contributed by atoms with Crippen LogP contribution in [0, 0.1) is 11.3 Å². The molecule has 0 aliphatic heterocycles. The summed E-state index contributed by atoms with van der Waals surface area (Å²) in [6.07, 6.45) is 2.46. The molecule has 3 heteroatoms. The molecule has 0 aliphatic rings. The van der Waals surface area contributed by atoms with Crippen molar-refractivity contribution >= 4 is 5.97 Å². The molecule has 1 unspecified atom stereocenters. The van der Waals surface area contributed by atoms with E-state index in [0.717, 1.165) is 19.3 Å². The van der Waals surface area contributed by atoms with E-state index in [-0.39, 0.29) is 12.0 Å². The van der Waals surface area contributed by atoms with E-state index in [4.69, 9.17) is 10.00 Å². The molecule has 0 aliphatic carbocycles. The monoisotopic (exact) mass is 183 g/mol. The maximum atomic E-state index is 11.0. The normalized spacial score (nSPS) is 14.3. The van der Waals surface area contributed by atoms with Crippen molar-refractivity contribution in [2.24, 2.45) is 0 Å². The first-order valence-electron chi connectivity index (χ1n) is 4.66. The lowest BCUT2D eigenvalue weighted by atomic mass is 9.97. The lowest BCUT2D eigenvalue weighted by Gasteiger charge is -2.27. The van der Waals surface area contributed by atoms with Crippen LogP contribution in [0.25, 0.3) is 0 Å². The SMILES string of the molecule is CCCC(C)(CC)OC(=O)CC#N. The van der Waals surface area contributed by atoms with E-state index in [1.807, 2.05) is 20.8 Å². The molecule has 3 nitrogen and oxygen atoms in total. The predicted molar refractivity (Wildman–Crippen MR) is 49.9 cm³/mol. The summed E-state index contributed by atoms with van der Waals surface area (Å²) in [4.78, 5) is 11.0. The van der Waals surface area contributed by atoms with Crippen LogP contribution in [0.1, 0.15) is 46.5 Å². The Kier molecular flexibility index (Phi) is 5.13. The van der Waals surface area contributed by atoms with Crippen LogP contribution in [-0.4, -0.2) is 11.6 Å². The quantitative estimate of drug-likeness (QED) is 0.615. The molecule has 0 bridgehead atoms. The molecule has 74 valence electrons. The van der Waals surface area contributed by atoms with Gasteiger partial charge in [-0.1, -0.05) is 20.3 Å². The van der Waals surface area contributed by atoms with Crippen molar-refractivity contribution in [1.29, 1.82) is 5.26 Å². The van der Waals surface area contributed by atoms with Crippen molar-refractivity contribution in [3.05, 3.63) is 0 Å². The zero-order valence-electron chi connectivity index (χ0n) is 8.59. The van der Waals surface area contributed by atoms with E-state index in [9.17, 15) is 4.79 Å². The summed E-state index contributed by atoms with van der Waals surface area (Å²) in [5.41, 5.74) is -0.386. The standard InChI is InChI=1S/C10H17NO2/c1-4-7-10(3,5-2)13-9(12)6-8-11/h4-7H2,1-3H3. The number of carbonyl (C=O) groups excluding carboxylic acids is 1. The van der Waals surface area contributed by atoms with E-state index < -0.39 is 5.97 Å². The molecule has 0 N–H and O–H groups in total. The fourth-order valence-electron chi connectivity index (χ4n) is 1.20. The summed E-state index contributed by atoms with van der Waals surface area (Å²) >= 11 is 0. The van der Waals surface area contributed by atoms with Gasteiger partial charge in [0, 0.05) is 0 Å². The summed E-state index contributed by atoms with van der Waals surface area (Å²) in [5.74, 6) is -0.416. The Morgan fingerprint density at radius 3 is 2.54 bits per heavy atom. The number of esters is 1. The van der Waals surface area contributed by atoms with Crippen molar-refractivity contribution in [1.82, 2.24) is 0 Å². The lowest BCUT2D eigenvalue weighted by molar-refractivity contribution is -0.157. The number of rotatable bonds is 5. The first kappa shape index (κ1) is 12.0. The molecule has 1 atom stereocenters. The van der Waals surface area contributed by atoms with Crippen LogP contribution in [0.4, 0.5) is 0 Å². The predicted octanol–water partition coefficient (Wildman–Crippen LogP) is 2.41. The Morgan fingerprint density at radius 1 is 1.54 bits per heavy atom. The van der Waals surface area contributed by atoms with Gasteiger partial charge in [0.15, 0.2) is 0 Å². The second-order valence-electron chi connectivity index (χ2n) is 3.36.